The number of hydrogen-bond donors (Lipinski definition) is 4. The molecule has 3 fully saturated rings. The molecule has 0 aromatic carbocycles. The van der Waals surface area contributed by atoms with Gasteiger partial charge >= 0.3 is 0 Å². The minimum Gasteiger partial charge on any atom is -0.390 e. The van der Waals surface area contributed by atoms with Gasteiger partial charge in [-0.3, -0.25) is 0 Å². The molecule has 214 valence electrons. The van der Waals surface area contributed by atoms with Crippen LogP contribution in [0.25, 0.3) is 0 Å². The van der Waals surface area contributed by atoms with Gasteiger partial charge in [0, 0.05) is 12.0 Å². The van der Waals surface area contributed by atoms with E-state index in [9.17, 15) is 20.4 Å². The van der Waals surface area contributed by atoms with E-state index >= 15 is 0 Å². The number of allylic oxidation sites excluding steroid dienone is 1. The largest absolute Gasteiger partial charge is 0.390 e. The molecular weight excluding hydrogens is 464 g/mol. The van der Waals surface area contributed by atoms with Crippen molar-refractivity contribution in [2.24, 2.45) is 45.3 Å². The molecule has 0 spiro atoms. The summed E-state index contributed by atoms with van der Waals surface area (Å²) in [7, 11) is 0. The van der Waals surface area contributed by atoms with Crippen LogP contribution in [0.5, 0.6) is 0 Å². The molecule has 4 aliphatic carbocycles. The summed E-state index contributed by atoms with van der Waals surface area (Å²) in [6.07, 6.45) is 6.98. The van der Waals surface area contributed by atoms with Gasteiger partial charge in [0.25, 0.3) is 0 Å². The average Bonchev–Trinajstić information content (AvgIpc) is 3.09. The fourth-order valence-corrected chi connectivity index (χ4v) is 10.2. The van der Waals surface area contributed by atoms with Gasteiger partial charge in [-0.25, -0.2) is 0 Å². The van der Waals surface area contributed by atoms with Crippen molar-refractivity contribution in [3.63, 3.8) is 0 Å². The van der Waals surface area contributed by atoms with Gasteiger partial charge in [0.05, 0.1) is 17.8 Å². The van der Waals surface area contributed by atoms with Crippen LogP contribution in [0.3, 0.4) is 0 Å². The summed E-state index contributed by atoms with van der Waals surface area (Å²) in [5, 5.41) is 42.7. The molecule has 0 aromatic heterocycles. The lowest BCUT2D eigenvalue weighted by molar-refractivity contribution is -0.171. The molecule has 0 aliphatic heterocycles. The van der Waals surface area contributed by atoms with E-state index in [-0.39, 0.29) is 33.5 Å². The number of ether oxygens (including phenoxy) is 1. The number of aliphatic hydroxyl groups is 4. The van der Waals surface area contributed by atoms with Crippen molar-refractivity contribution in [2.45, 2.75) is 137 Å². The zero-order valence-electron chi connectivity index (χ0n) is 25.1. The molecule has 11 atom stereocenters. The predicted molar refractivity (Wildman–Crippen MR) is 148 cm³/mol. The Bertz CT molecular complexity index is 875. The molecule has 37 heavy (non-hydrogen) atoms. The summed E-state index contributed by atoms with van der Waals surface area (Å²) in [6, 6.07) is 0. The summed E-state index contributed by atoms with van der Waals surface area (Å²) in [4.78, 5) is 0. The van der Waals surface area contributed by atoms with Crippen LogP contribution in [0.4, 0.5) is 0 Å². The highest BCUT2D eigenvalue weighted by molar-refractivity contribution is 5.30. The third-order valence-electron chi connectivity index (χ3n) is 12.8. The lowest BCUT2D eigenvalue weighted by atomic mass is 9.39. The molecule has 5 heteroatoms. The molecule has 4 rings (SSSR count). The van der Waals surface area contributed by atoms with Gasteiger partial charge in [0.2, 0.25) is 0 Å². The molecule has 0 saturated heterocycles. The van der Waals surface area contributed by atoms with Gasteiger partial charge in [-0.05, 0) is 106 Å². The van der Waals surface area contributed by atoms with Crippen LogP contribution in [-0.2, 0) is 4.74 Å². The molecule has 0 radical (unpaired) electrons. The Hall–Kier alpha value is -0.460. The van der Waals surface area contributed by atoms with Gasteiger partial charge in [0.1, 0.15) is 12.2 Å². The Balaban J connectivity index is 1.62. The quantitative estimate of drug-likeness (QED) is 0.334. The summed E-state index contributed by atoms with van der Waals surface area (Å²) in [5.41, 5.74) is 0.706. The Morgan fingerprint density at radius 2 is 1.59 bits per heavy atom. The maximum atomic E-state index is 11.2. The summed E-state index contributed by atoms with van der Waals surface area (Å²) < 4.78 is 6.22. The Morgan fingerprint density at radius 3 is 2.19 bits per heavy atom. The Labute approximate surface area is 226 Å². The molecule has 4 aliphatic rings. The summed E-state index contributed by atoms with van der Waals surface area (Å²) in [6.45, 7) is 20.2. The SMILES string of the molecule is CCO[C@H]1CCC2C(=CCC3[C@@]2(C)CC[C@]2(C)[C@@H]([C@H](C)[C@H](O)[C@@H](O)[C@@H](O)C(C)(C)O)CC[C@@]32C)C1(C)C. The third kappa shape index (κ3) is 4.29. The van der Waals surface area contributed by atoms with Crippen molar-refractivity contribution < 1.29 is 25.2 Å². The van der Waals surface area contributed by atoms with Gasteiger partial charge in [0.15, 0.2) is 0 Å². The lowest BCUT2D eigenvalue weighted by Gasteiger charge is -2.66. The van der Waals surface area contributed by atoms with Crippen LogP contribution >= 0.6 is 0 Å². The standard InChI is InChI=1S/C32H56O5/c1-10-37-24-14-12-22-21(28(24,3)4)11-13-23-30(22,7)17-18-31(8)20(15-16-32(23,31)9)19(2)25(33)26(34)27(35)29(5,6)36/h11,19-20,22-27,33-36H,10,12-18H2,1-9H3/t19-,20+,22?,23?,24-,25-,26+,27+,30-,31+,32-/m0/s1. The third-order valence-corrected chi connectivity index (χ3v) is 12.8. The van der Waals surface area contributed by atoms with Crippen molar-refractivity contribution in [1.82, 2.24) is 0 Å². The molecular formula is C32H56O5. The van der Waals surface area contributed by atoms with Crippen LogP contribution in [0.15, 0.2) is 11.6 Å². The van der Waals surface area contributed by atoms with E-state index in [0.717, 1.165) is 38.7 Å². The minimum absolute atomic E-state index is 0.0559. The van der Waals surface area contributed by atoms with Crippen molar-refractivity contribution in [3.8, 4) is 0 Å². The van der Waals surface area contributed by atoms with Crippen LogP contribution in [0.1, 0.15) is 107 Å². The first-order valence-electron chi connectivity index (χ1n) is 15.1. The summed E-state index contributed by atoms with van der Waals surface area (Å²) >= 11 is 0. The van der Waals surface area contributed by atoms with E-state index in [4.69, 9.17) is 4.74 Å². The second kappa shape index (κ2) is 9.58. The zero-order valence-corrected chi connectivity index (χ0v) is 25.1. The highest BCUT2D eigenvalue weighted by Crippen LogP contribution is 2.75. The monoisotopic (exact) mass is 520 g/mol. The molecule has 0 heterocycles. The van der Waals surface area contributed by atoms with Crippen LogP contribution in [-0.4, -0.2) is 57.0 Å². The van der Waals surface area contributed by atoms with E-state index in [1.807, 2.05) is 6.92 Å². The predicted octanol–water partition coefficient (Wildman–Crippen LogP) is 5.49. The second-order valence-electron chi connectivity index (χ2n) is 15.2. The van der Waals surface area contributed by atoms with E-state index in [1.165, 1.54) is 26.7 Å². The van der Waals surface area contributed by atoms with Crippen molar-refractivity contribution in [3.05, 3.63) is 11.6 Å². The van der Waals surface area contributed by atoms with E-state index in [2.05, 4.69) is 47.6 Å². The van der Waals surface area contributed by atoms with Crippen molar-refractivity contribution >= 4 is 0 Å². The highest BCUT2D eigenvalue weighted by Gasteiger charge is 2.67. The topological polar surface area (TPSA) is 90.2 Å². The van der Waals surface area contributed by atoms with Crippen LogP contribution in [0.2, 0.25) is 0 Å². The summed E-state index contributed by atoms with van der Waals surface area (Å²) in [5.74, 6) is 1.29. The van der Waals surface area contributed by atoms with Crippen LogP contribution < -0.4 is 0 Å². The highest BCUT2D eigenvalue weighted by atomic mass is 16.5. The molecule has 2 unspecified atom stereocenters. The maximum Gasteiger partial charge on any atom is 0.110 e. The Kier molecular flexibility index (Phi) is 7.64. The first-order valence-corrected chi connectivity index (χ1v) is 15.1. The first-order chi connectivity index (χ1) is 17.0. The van der Waals surface area contributed by atoms with Gasteiger partial charge in [-0.15, -0.1) is 0 Å². The normalized spacial score (nSPS) is 44.6. The molecule has 5 nitrogen and oxygen atoms in total. The van der Waals surface area contributed by atoms with Crippen molar-refractivity contribution in [2.75, 3.05) is 6.61 Å². The number of fused-ring (bicyclic) bond motifs is 5. The maximum absolute atomic E-state index is 11.2. The molecule has 3 saturated carbocycles. The number of hydrogen-bond acceptors (Lipinski definition) is 5. The lowest BCUT2D eigenvalue weighted by Crippen LogP contribution is -2.60. The first kappa shape index (κ1) is 29.5. The smallest absolute Gasteiger partial charge is 0.110 e. The molecule has 0 amide bonds. The van der Waals surface area contributed by atoms with Gasteiger partial charge < -0.3 is 25.2 Å². The molecule has 0 aromatic rings. The number of rotatable bonds is 7. The van der Waals surface area contributed by atoms with Gasteiger partial charge in [-0.2, -0.15) is 0 Å². The van der Waals surface area contributed by atoms with Gasteiger partial charge in [-0.1, -0.05) is 53.2 Å². The van der Waals surface area contributed by atoms with Crippen LogP contribution in [0, 0.1) is 45.3 Å². The van der Waals surface area contributed by atoms with E-state index in [1.54, 1.807) is 5.57 Å². The Morgan fingerprint density at radius 1 is 0.946 bits per heavy atom. The molecule has 4 N–H and O–H groups in total. The zero-order chi connectivity index (χ0) is 27.8. The van der Waals surface area contributed by atoms with E-state index < -0.39 is 23.9 Å². The van der Waals surface area contributed by atoms with E-state index in [0.29, 0.717) is 17.9 Å². The average molecular weight is 521 g/mol. The number of aliphatic hydroxyl groups excluding tert-OH is 3. The fraction of sp³-hybridized carbons (Fsp3) is 0.938. The van der Waals surface area contributed by atoms with Crippen molar-refractivity contribution in [1.29, 1.82) is 0 Å². The molecule has 0 bridgehead atoms. The fourth-order valence-electron chi connectivity index (χ4n) is 10.2. The second-order valence-corrected chi connectivity index (χ2v) is 15.2. The minimum atomic E-state index is -1.47.